The molecule has 0 radical (unpaired) electrons. The molecule has 1 fully saturated rings. The fourth-order valence-corrected chi connectivity index (χ4v) is 2.45. The monoisotopic (exact) mass is 256 g/mol. The second-order valence-electron chi connectivity index (χ2n) is 5.32. The van der Waals surface area contributed by atoms with Crippen molar-refractivity contribution >= 4 is 5.97 Å². The van der Waals surface area contributed by atoms with E-state index in [1.807, 2.05) is 0 Å². The van der Waals surface area contributed by atoms with Crippen LogP contribution in [0, 0.1) is 0 Å². The van der Waals surface area contributed by atoms with Crippen LogP contribution in [0.15, 0.2) is 0 Å². The van der Waals surface area contributed by atoms with Crippen LogP contribution in [0.2, 0.25) is 0 Å². The number of methoxy groups -OCH3 is 1. The number of cyclic esters (lactones) is 1. The van der Waals surface area contributed by atoms with Crippen molar-refractivity contribution in [1.82, 2.24) is 0 Å². The van der Waals surface area contributed by atoms with Crippen LogP contribution in [0.5, 0.6) is 0 Å². The van der Waals surface area contributed by atoms with E-state index < -0.39 is 0 Å². The minimum atomic E-state index is -0.0641. The number of ether oxygens (including phenoxy) is 2. The Balaban J connectivity index is 1.93. The fraction of sp³-hybridized carbons (Fsp3) is 0.933. The topological polar surface area (TPSA) is 35.5 Å². The number of esters is 1. The zero-order valence-electron chi connectivity index (χ0n) is 12.0. The first-order valence-electron chi connectivity index (χ1n) is 7.48. The molecule has 0 aromatic carbocycles. The number of unbranched alkanes of at least 4 members (excludes halogenated alkanes) is 6. The van der Waals surface area contributed by atoms with Crippen LogP contribution >= 0.6 is 0 Å². The average Bonchev–Trinajstić information content (AvgIpc) is 2.34. The first-order chi connectivity index (χ1) is 8.76. The highest BCUT2D eigenvalue weighted by Crippen LogP contribution is 2.22. The molecule has 3 nitrogen and oxygen atoms in total. The molecule has 1 saturated heterocycles. The predicted octanol–water partition coefficient (Wildman–Crippen LogP) is 3.85. The summed E-state index contributed by atoms with van der Waals surface area (Å²) in [7, 11) is 1.76. The van der Waals surface area contributed by atoms with E-state index in [0.29, 0.717) is 6.42 Å². The Labute approximate surface area is 111 Å². The Morgan fingerprint density at radius 1 is 1.22 bits per heavy atom. The molecule has 2 unspecified atom stereocenters. The zero-order chi connectivity index (χ0) is 13.2. The first-order valence-corrected chi connectivity index (χ1v) is 7.48. The standard InChI is InChI=1S/C15H28O3/c1-3-4-5-6-7-8-9-10-13(17-2)11-14-12-15(16)18-14/h13-14H,3-12H2,1-2H3. The van der Waals surface area contributed by atoms with Crippen molar-refractivity contribution in [3.63, 3.8) is 0 Å². The molecule has 1 rings (SSSR count). The lowest BCUT2D eigenvalue weighted by atomic mass is 10.00. The fourth-order valence-electron chi connectivity index (χ4n) is 2.45. The second kappa shape index (κ2) is 9.37. The maximum Gasteiger partial charge on any atom is 0.309 e. The van der Waals surface area contributed by atoms with Crippen molar-refractivity contribution in [2.75, 3.05) is 7.11 Å². The van der Waals surface area contributed by atoms with Crippen LogP contribution < -0.4 is 0 Å². The Morgan fingerprint density at radius 3 is 2.39 bits per heavy atom. The molecule has 0 aromatic heterocycles. The summed E-state index contributed by atoms with van der Waals surface area (Å²) in [5, 5.41) is 0. The van der Waals surface area contributed by atoms with E-state index in [4.69, 9.17) is 9.47 Å². The molecule has 18 heavy (non-hydrogen) atoms. The molecule has 0 amide bonds. The van der Waals surface area contributed by atoms with Gasteiger partial charge in [-0.15, -0.1) is 0 Å². The van der Waals surface area contributed by atoms with Crippen molar-refractivity contribution in [3.05, 3.63) is 0 Å². The molecule has 0 spiro atoms. The minimum absolute atomic E-state index is 0.0641. The molecule has 106 valence electrons. The molecule has 0 N–H and O–H groups in total. The molecular formula is C15H28O3. The summed E-state index contributed by atoms with van der Waals surface area (Å²) in [5.74, 6) is -0.0641. The summed E-state index contributed by atoms with van der Waals surface area (Å²) in [6, 6.07) is 0. The van der Waals surface area contributed by atoms with Crippen LogP contribution in [0.1, 0.15) is 71.1 Å². The zero-order valence-corrected chi connectivity index (χ0v) is 12.0. The van der Waals surface area contributed by atoms with Gasteiger partial charge >= 0.3 is 5.97 Å². The van der Waals surface area contributed by atoms with Crippen molar-refractivity contribution in [2.24, 2.45) is 0 Å². The average molecular weight is 256 g/mol. The summed E-state index contributed by atoms with van der Waals surface area (Å²) in [4.78, 5) is 10.7. The lowest BCUT2D eigenvalue weighted by molar-refractivity contribution is -0.172. The van der Waals surface area contributed by atoms with Gasteiger partial charge in [0.15, 0.2) is 0 Å². The number of hydrogen-bond acceptors (Lipinski definition) is 3. The second-order valence-corrected chi connectivity index (χ2v) is 5.32. The van der Waals surface area contributed by atoms with E-state index in [9.17, 15) is 4.79 Å². The van der Waals surface area contributed by atoms with Crippen molar-refractivity contribution in [3.8, 4) is 0 Å². The van der Waals surface area contributed by atoms with Crippen LogP contribution in [-0.2, 0) is 14.3 Å². The molecule has 2 atom stereocenters. The Kier molecular flexibility index (Phi) is 8.06. The summed E-state index contributed by atoms with van der Waals surface area (Å²) < 4.78 is 10.5. The smallest absolute Gasteiger partial charge is 0.309 e. The highest BCUT2D eigenvalue weighted by atomic mass is 16.6. The van der Waals surface area contributed by atoms with E-state index in [1.54, 1.807) is 7.11 Å². The van der Waals surface area contributed by atoms with Crippen LogP contribution in [0.4, 0.5) is 0 Å². The predicted molar refractivity (Wildman–Crippen MR) is 72.5 cm³/mol. The van der Waals surface area contributed by atoms with Gasteiger partial charge in [0.25, 0.3) is 0 Å². The Bertz CT molecular complexity index is 220. The molecule has 1 aliphatic heterocycles. The minimum Gasteiger partial charge on any atom is -0.462 e. The summed E-state index contributed by atoms with van der Waals surface area (Å²) >= 11 is 0. The molecule has 1 aliphatic rings. The van der Waals surface area contributed by atoms with Gasteiger partial charge in [-0.1, -0.05) is 51.9 Å². The summed E-state index contributed by atoms with van der Waals surface area (Å²) in [5.41, 5.74) is 0. The van der Waals surface area contributed by atoms with E-state index >= 15 is 0 Å². The maximum absolute atomic E-state index is 10.7. The van der Waals surface area contributed by atoms with Gasteiger partial charge < -0.3 is 9.47 Å². The summed E-state index contributed by atoms with van der Waals surface area (Å²) in [6.07, 6.45) is 12.2. The van der Waals surface area contributed by atoms with Gasteiger partial charge in [0.05, 0.1) is 12.5 Å². The lowest BCUT2D eigenvalue weighted by Gasteiger charge is -2.28. The van der Waals surface area contributed by atoms with Crippen molar-refractivity contribution in [2.45, 2.75) is 83.3 Å². The molecule has 3 heteroatoms. The lowest BCUT2D eigenvalue weighted by Crippen LogP contribution is -2.36. The highest BCUT2D eigenvalue weighted by Gasteiger charge is 2.30. The van der Waals surface area contributed by atoms with Gasteiger partial charge in [0.1, 0.15) is 6.10 Å². The third-order valence-electron chi connectivity index (χ3n) is 3.68. The van der Waals surface area contributed by atoms with Crippen molar-refractivity contribution < 1.29 is 14.3 Å². The van der Waals surface area contributed by atoms with E-state index in [0.717, 1.165) is 12.8 Å². The SMILES string of the molecule is CCCCCCCCCC(CC1CC(=O)O1)OC. The molecule has 0 aliphatic carbocycles. The quantitative estimate of drug-likeness (QED) is 0.416. The van der Waals surface area contributed by atoms with Crippen molar-refractivity contribution in [1.29, 1.82) is 0 Å². The largest absolute Gasteiger partial charge is 0.462 e. The van der Waals surface area contributed by atoms with Gasteiger partial charge in [-0.3, -0.25) is 4.79 Å². The molecule has 0 saturated carbocycles. The Morgan fingerprint density at radius 2 is 1.83 bits per heavy atom. The van der Waals surface area contributed by atoms with Gasteiger partial charge in [-0.25, -0.2) is 0 Å². The highest BCUT2D eigenvalue weighted by molar-refractivity contribution is 5.75. The van der Waals surface area contributed by atoms with Crippen LogP contribution in [0.3, 0.4) is 0 Å². The van der Waals surface area contributed by atoms with Gasteiger partial charge in [-0.05, 0) is 6.42 Å². The number of carbonyl (C=O) groups is 1. The summed E-state index contributed by atoms with van der Waals surface area (Å²) in [6.45, 7) is 2.25. The third kappa shape index (κ3) is 6.39. The molecule has 0 aromatic rings. The van der Waals surface area contributed by atoms with E-state index in [1.165, 1.54) is 44.9 Å². The number of carbonyl (C=O) groups excluding carboxylic acids is 1. The van der Waals surface area contributed by atoms with E-state index in [2.05, 4.69) is 6.92 Å². The number of hydrogen-bond donors (Lipinski definition) is 0. The first kappa shape index (κ1) is 15.5. The van der Waals surface area contributed by atoms with Gasteiger partial charge in [-0.2, -0.15) is 0 Å². The molecule has 0 bridgehead atoms. The van der Waals surface area contributed by atoms with Crippen LogP contribution in [0.25, 0.3) is 0 Å². The maximum atomic E-state index is 10.7. The van der Waals surface area contributed by atoms with Crippen LogP contribution in [-0.4, -0.2) is 25.3 Å². The third-order valence-corrected chi connectivity index (χ3v) is 3.68. The van der Waals surface area contributed by atoms with Gasteiger partial charge in [0.2, 0.25) is 0 Å². The Hall–Kier alpha value is -0.570. The normalized spacial score (nSPS) is 20.3. The molecular weight excluding hydrogens is 228 g/mol. The van der Waals surface area contributed by atoms with E-state index in [-0.39, 0.29) is 18.2 Å². The number of rotatable bonds is 11. The molecule has 1 heterocycles. The van der Waals surface area contributed by atoms with Gasteiger partial charge in [0, 0.05) is 13.5 Å².